The molecule has 4 nitrogen and oxygen atoms in total. The van der Waals surface area contributed by atoms with Crippen LogP contribution in [0.3, 0.4) is 0 Å². The van der Waals surface area contributed by atoms with Gasteiger partial charge in [-0.1, -0.05) is 17.7 Å². The average Bonchev–Trinajstić information content (AvgIpc) is 3.19. The van der Waals surface area contributed by atoms with Crippen molar-refractivity contribution in [3.63, 3.8) is 0 Å². The molecule has 1 atom stereocenters. The minimum atomic E-state index is -3.85. The van der Waals surface area contributed by atoms with E-state index in [4.69, 9.17) is 16.3 Å². The summed E-state index contributed by atoms with van der Waals surface area (Å²) in [6, 6.07) is 7.10. The van der Waals surface area contributed by atoms with Crippen molar-refractivity contribution in [2.45, 2.75) is 30.4 Å². The molecule has 0 aliphatic carbocycles. The Morgan fingerprint density at radius 3 is 2.83 bits per heavy atom. The molecule has 0 amide bonds. The number of hydrogen-bond donors (Lipinski definition) is 0. The maximum atomic E-state index is 13.3. The predicted molar refractivity (Wildman–Crippen MR) is 92.3 cm³/mol. The van der Waals surface area contributed by atoms with Crippen LogP contribution in [0.15, 0.2) is 40.6 Å². The zero-order valence-electron chi connectivity index (χ0n) is 12.8. The Bertz CT molecular complexity index is 790. The van der Waals surface area contributed by atoms with Gasteiger partial charge in [0.05, 0.1) is 11.1 Å². The van der Waals surface area contributed by atoms with Crippen molar-refractivity contribution in [1.82, 2.24) is 4.31 Å². The molecule has 1 aliphatic heterocycles. The molecule has 0 N–H and O–H groups in total. The first-order valence-corrected chi connectivity index (χ1v) is 10.3. The molecular weight excluding hydrogens is 373 g/mol. The molecule has 2 aromatic rings. The topological polar surface area (TPSA) is 46.6 Å². The molecule has 1 aromatic carbocycles. The number of nitrogens with zero attached hydrogens (tertiary/aromatic N) is 1. The van der Waals surface area contributed by atoms with Crippen LogP contribution >= 0.6 is 22.9 Å². The van der Waals surface area contributed by atoms with Crippen molar-refractivity contribution in [1.29, 1.82) is 0 Å². The van der Waals surface area contributed by atoms with Crippen LogP contribution in [0.5, 0.6) is 0 Å². The van der Waals surface area contributed by atoms with E-state index in [1.165, 1.54) is 21.7 Å². The number of sulfonamides is 1. The van der Waals surface area contributed by atoms with Crippen molar-refractivity contribution in [2.75, 3.05) is 13.2 Å². The fourth-order valence-electron chi connectivity index (χ4n) is 2.66. The molecule has 1 aromatic heterocycles. The van der Waals surface area contributed by atoms with Crippen LogP contribution in [-0.4, -0.2) is 32.0 Å². The van der Waals surface area contributed by atoms with Gasteiger partial charge in [0.1, 0.15) is 10.7 Å². The van der Waals surface area contributed by atoms with E-state index in [0.717, 1.165) is 29.9 Å². The summed E-state index contributed by atoms with van der Waals surface area (Å²) < 4.78 is 46.3. The lowest BCUT2D eigenvalue weighted by atomic mass is 10.2. The Morgan fingerprint density at radius 2 is 2.21 bits per heavy atom. The highest BCUT2D eigenvalue weighted by Gasteiger charge is 2.31. The second-order valence-corrected chi connectivity index (χ2v) is 8.93. The summed E-state index contributed by atoms with van der Waals surface area (Å²) in [6.07, 6.45) is 1.63. The normalized spacial score (nSPS) is 18.4. The number of thiophene rings is 1. The first-order chi connectivity index (χ1) is 11.5. The third kappa shape index (κ3) is 3.97. The molecule has 2 heterocycles. The lowest BCUT2D eigenvalue weighted by Crippen LogP contribution is -2.36. The maximum absolute atomic E-state index is 13.3. The van der Waals surface area contributed by atoms with Crippen LogP contribution in [0.1, 0.15) is 17.7 Å². The van der Waals surface area contributed by atoms with E-state index >= 15 is 0 Å². The van der Waals surface area contributed by atoms with Gasteiger partial charge in [0.15, 0.2) is 0 Å². The second kappa shape index (κ2) is 7.49. The van der Waals surface area contributed by atoms with Crippen LogP contribution in [-0.2, 0) is 21.3 Å². The van der Waals surface area contributed by atoms with Gasteiger partial charge < -0.3 is 4.74 Å². The van der Waals surface area contributed by atoms with Crippen LogP contribution < -0.4 is 0 Å². The summed E-state index contributed by atoms with van der Waals surface area (Å²) in [5.41, 5.74) is 0. The summed E-state index contributed by atoms with van der Waals surface area (Å²) in [4.78, 5) is 0.843. The van der Waals surface area contributed by atoms with E-state index in [2.05, 4.69) is 0 Å². The maximum Gasteiger partial charge on any atom is 0.244 e. The number of ether oxygens (including phenoxy) is 1. The SMILES string of the molecule is O=S(=O)(c1ccc(F)cc1Cl)N(Cc1cccs1)C[C@@H]1CCCO1. The van der Waals surface area contributed by atoms with Gasteiger partial charge in [0, 0.05) is 24.6 Å². The van der Waals surface area contributed by atoms with Crippen molar-refractivity contribution in [3.05, 3.63) is 51.4 Å². The Kier molecular flexibility index (Phi) is 5.56. The second-order valence-electron chi connectivity index (χ2n) is 5.59. The highest BCUT2D eigenvalue weighted by Crippen LogP contribution is 2.28. The summed E-state index contributed by atoms with van der Waals surface area (Å²) in [7, 11) is -3.85. The summed E-state index contributed by atoms with van der Waals surface area (Å²) in [5, 5.41) is 1.79. The van der Waals surface area contributed by atoms with E-state index in [0.29, 0.717) is 6.61 Å². The quantitative estimate of drug-likeness (QED) is 0.752. The number of benzene rings is 1. The molecule has 1 aliphatic rings. The molecule has 0 spiro atoms. The molecule has 1 fully saturated rings. The average molecular weight is 390 g/mol. The van der Waals surface area contributed by atoms with E-state index < -0.39 is 15.8 Å². The highest BCUT2D eigenvalue weighted by atomic mass is 35.5. The van der Waals surface area contributed by atoms with Crippen molar-refractivity contribution < 1.29 is 17.5 Å². The zero-order chi connectivity index (χ0) is 17.2. The van der Waals surface area contributed by atoms with E-state index in [1.54, 1.807) is 0 Å². The molecule has 0 bridgehead atoms. The fourth-order valence-corrected chi connectivity index (χ4v) is 5.42. The zero-order valence-corrected chi connectivity index (χ0v) is 15.2. The predicted octanol–water partition coefficient (Wildman–Crippen LogP) is 3.91. The molecule has 0 saturated carbocycles. The number of hydrogen-bond acceptors (Lipinski definition) is 4. The molecule has 130 valence electrons. The summed E-state index contributed by atoms with van der Waals surface area (Å²) >= 11 is 7.47. The first kappa shape index (κ1) is 17.8. The Morgan fingerprint density at radius 1 is 1.38 bits per heavy atom. The van der Waals surface area contributed by atoms with Crippen LogP contribution in [0, 0.1) is 5.82 Å². The van der Waals surface area contributed by atoms with Gasteiger partial charge in [-0.3, -0.25) is 0 Å². The molecule has 0 unspecified atom stereocenters. The summed E-state index contributed by atoms with van der Waals surface area (Å²) in [5.74, 6) is -0.567. The molecule has 8 heteroatoms. The molecular formula is C16H17ClFNO3S2. The third-order valence-electron chi connectivity index (χ3n) is 3.86. The van der Waals surface area contributed by atoms with E-state index in [1.807, 2.05) is 17.5 Å². The van der Waals surface area contributed by atoms with Gasteiger partial charge in [0.25, 0.3) is 0 Å². The largest absolute Gasteiger partial charge is 0.377 e. The Hall–Kier alpha value is -0.990. The highest BCUT2D eigenvalue weighted by molar-refractivity contribution is 7.89. The van der Waals surface area contributed by atoms with Crippen LogP contribution in [0.25, 0.3) is 0 Å². The van der Waals surface area contributed by atoms with Gasteiger partial charge in [-0.05, 0) is 42.5 Å². The lowest BCUT2D eigenvalue weighted by Gasteiger charge is -2.25. The van der Waals surface area contributed by atoms with Gasteiger partial charge in [-0.2, -0.15) is 4.31 Å². The van der Waals surface area contributed by atoms with Crippen LogP contribution in [0.4, 0.5) is 4.39 Å². The van der Waals surface area contributed by atoms with Gasteiger partial charge in [0.2, 0.25) is 10.0 Å². The van der Waals surface area contributed by atoms with Gasteiger partial charge in [-0.15, -0.1) is 11.3 Å². The van der Waals surface area contributed by atoms with Crippen molar-refractivity contribution in [2.24, 2.45) is 0 Å². The lowest BCUT2D eigenvalue weighted by molar-refractivity contribution is 0.0927. The van der Waals surface area contributed by atoms with Crippen molar-refractivity contribution >= 4 is 33.0 Å². The number of halogens is 2. The Labute approximate surface area is 149 Å². The summed E-state index contributed by atoms with van der Waals surface area (Å²) in [6.45, 7) is 1.15. The first-order valence-electron chi connectivity index (χ1n) is 7.56. The van der Waals surface area contributed by atoms with E-state index in [9.17, 15) is 12.8 Å². The monoisotopic (exact) mass is 389 g/mol. The Balaban J connectivity index is 1.92. The van der Waals surface area contributed by atoms with Crippen LogP contribution in [0.2, 0.25) is 5.02 Å². The standard InChI is InChI=1S/C16H17ClFNO3S2/c17-15-9-12(18)5-6-16(15)24(20,21)19(10-13-3-1-7-22-13)11-14-4-2-8-23-14/h2,4-6,8-9,13H,1,3,7,10-11H2/t13-/m0/s1. The molecule has 24 heavy (non-hydrogen) atoms. The minimum Gasteiger partial charge on any atom is -0.377 e. The minimum absolute atomic E-state index is 0.0832. The molecule has 0 radical (unpaired) electrons. The fraction of sp³-hybridized carbons (Fsp3) is 0.375. The number of rotatable bonds is 6. The molecule has 1 saturated heterocycles. The smallest absolute Gasteiger partial charge is 0.244 e. The van der Waals surface area contributed by atoms with Gasteiger partial charge >= 0.3 is 0 Å². The van der Waals surface area contributed by atoms with E-state index in [-0.39, 0.29) is 29.1 Å². The van der Waals surface area contributed by atoms with Crippen molar-refractivity contribution in [3.8, 4) is 0 Å². The van der Waals surface area contributed by atoms with Gasteiger partial charge in [-0.25, -0.2) is 12.8 Å². The third-order valence-corrected chi connectivity index (χ3v) is 7.01. The molecule has 3 rings (SSSR count).